The van der Waals surface area contributed by atoms with Gasteiger partial charge in [-0.1, -0.05) is 27.7 Å². The molecule has 0 aliphatic rings. The SMILES string of the molecule is CNc1cc(NC(CN(C)C)C(C)C)nc(C(C)C)n1. The summed E-state index contributed by atoms with van der Waals surface area (Å²) in [6.07, 6.45) is 0. The van der Waals surface area contributed by atoms with Gasteiger partial charge in [0.2, 0.25) is 0 Å². The quantitative estimate of drug-likeness (QED) is 0.803. The Morgan fingerprint density at radius 3 is 2.15 bits per heavy atom. The molecular weight excluding hydrogens is 250 g/mol. The third-order valence-corrected chi connectivity index (χ3v) is 3.22. The lowest BCUT2D eigenvalue weighted by molar-refractivity contribution is 0.344. The molecule has 1 heterocycles. The van der Waals surface area contributed by atoms with E-state index in [1.165, 1.54) is 0 Å². The van der Waals surface area contributed by atoms with Crippen LogP contribution in [0.3, 0.4) is 0 Å². The normalized spacial score (nSPS) is 13.1. The molecule has 2 N–H and O–H groups in total. The highest BCUT2D eigenvalue weighted by Gasteiger charge is 2.16. The summed E-state index contributed by atoms with van der Waals surface area (Å²) < 4.78 is 0. The average Bonchev–Trinajstić information content (AvgIpc) is 2.36. The van der Waals surface area contributed by atoms with E-state index in [-0.39, 0.29) is 0 Å². The molecule has 1 atom stereocenters. The van der Waals surface area contributed by atoms with Gasteiger partial charge in [-0.05, 0) is 20.0 Å². The third-order valence-electron chi connectivity index (χ3n) is 3.22. The monoisotopic (exact) mass is 279 g/mol. The summed E-state index contributed by atoms with van der Waals surface area (Å²) in [4.78, 5) is 11.3. The van der Waals surface area contributed by atoms with Crippen LogP contribution < -0.4 is 10.6 Å². The van der Waals surface area contributed by atoms with Crippen LogP contribution in [0.1, 0.15) is 39.4 Å². The van der Waals surface area contributed by atoms with Crippen molar-refractivity contribution in [3.63, 3.8) is 0 Å². The van der Waals surface area contributed by atoms with Crippen LogP contribution in [0.5, 0.6) is 0 Å². The molecule has 5 heteroatoms. The minimum atomic E-state index is 0.315. The van der Waals surface area contributed by atoms with Crippen molar-refractivity contribution in [2.45, 2.75) is 39.7 Å². The Balaban J connectivity index is 2.96. The van der Waals surface area contributed by atoms with E-state index in [1.807, 2.05) is 13.1 Å². The molecule has 1 rings (SSSR count). The van der Waals surface area contributed by atoms with Crippen molar-refractivity contribution < 1.29 is 0 Å². The molecule has 0 amide bonds. The van der Waals surface area contributed by atoms with Crippen LogP contribution in [0.15, 0.2) is 6.07 Å². The third kappa shape index (κ3) is 4.96. The van der Waals surface area contributed by atoms with Crippen molar-refractivity contribution in [2.75, 3.05) is 38.3 Å². The van der Waals surface area contributed by atoms with E-state index in [0.29, 0.717) is 17.9 Å². The highest BCUT2D eigenvalue weighted by Crippen LogP contribution is 2.18. The van der Waals surface area contributed by atoms with Crippen LogP contribution in [-0.2, 0) is 0 Å². The molecule has 0 spiro atoms. The first-order chi connectivity index (χ1) is 9.33. The molecule has 1 aromatic rings. The second kappa shape index (κ2) is 7.43. The van der Waals surface area contributed by atoms with Gasteiger partial charge in [-0.3, -0.25) is 0 Å². The van der Waals surface area contributed by atoms with Gasteiger partial charge in [-0.15, -0.1) is 0 Å². The summed E-state index contributed by atoms with van der Waals surface area (Å²) in [5.41, 5.74) is 0. The second-order valence-electron chi connectivity index (χ2n) is 6.16. The fourth-order valence-electron chi connectivity index (χ4n) is 1.93. The molecule has 0 aliphatic heterocycles. The lowest BCUT2D eigenvalue weighted by Gasteiger charge is -2.26. The average molecular weight is 279 g/mol. The number of hydrogen-bond acceptors (Lipinski definition) is 5. The second-order valence-corrected chi connectivity index (χ2v) is 6.16. The van der Waals surface area contributed by atoms with Crippen molar-refractivity contribution >= 4 is 11.6 Å². The smallest absolute Gasteiger partial charge is 0.135 e. The molecule has 1 unspecified atom stereocenters. The topological polar surface area (TPSA) is 53.1 Å². The maximum absolute atomic E-state index is 4.63. The largest absolute Gasteiger partial charge is 0.373 e. The number of hydrogen-bond donors (Lipinski definition) is 2. The van der Waals surface area contributed by atoms with Gasteiger partial charge in [0.1, 0.15) is 17.5 Å². The number of aromatic nitrogens is 2. The highest BCUT2D eigenvalue weighted by molar-refractivity contribution is 5.48. The Labute approximate surface area is 123 Å². The summed E-state index contributed by atoms with van der Waals surface area (Å²) >= 11 is 0. The van der Waals surface area contributed by atoms with Crippen LogP contribution >= 0.6 is 0 Å². The summed E-state index contributed by atoms with van der Waals surface area (Å²) in [5, 5.41) is 6.65. The molecule has 20 heavy (non-hydrogen) atoms. The van der Waals surface area contributed by atoms with Crippen LogP contribution in [0, 0.1) is 5.92 Å². The zero-order chi connectivity index (χ0) is 15.3. The van der Waals surface area contributed by atoms with Crippen LogP contribution in [0.25, 0.3) is 0 Å². The van der Waals surface area contributed by atoms with E-state index < -0.39 is 0 Å². The van der Waals surface area contributed by atoms with Crippen LogP contribution in [0.2, 0.25) is 0 Å². The predicted octanol–water partition coefficient (Wildman–Crippen LogP) is 2.64. The van der Waals surface area contributed by atoms with E-state index in [2.05, 4.69) is 67.3 Å². The maximum Gasteiger partial charge on any atom is 0.135 e. The molecule has 5 nitrogen and oxygen atoms in total. The van der Waals surface area contributed by atoms with Gasteiger partial charge >= 0.3 is 0 Å². The Morgan fingerprint density at radius 1 is 1.10 bits per heavy atom. The molecule has 0 aromatic carbocycles. The van der Waals surface area contributed by atoms with Gasteiger partial charge in [-0.25, -0.2) is 9.97 Å². The van der Waals surface area contributed by atoms with E-state index in [4.69, 9.17) is 0 Å². The lowest BCUT2D eigenvalue weighted by Crippen LogP contribution is -2.36. The molecular formula is C15H29N5. The predicted molar refractivity (Wildman–Crippen MR) is 86.5 cm³/mol. The first-order valence-corrected chi connectivity index (χ1v) is 7.31. The van der Waals surface area contributed by atoms with E-state index >= 15 is 0 Å². The first-order valence-electron chi connectivity index (χ1n) is 7.31. The van der Waals surface area contributed by atoms with Crippen molar-refractivity contribution in [3.05, 3.63) is 11.9 Å². The van der Waals surface area contributed by atoms with Crippen molar-refractivity contribution in [1.29, 1.82) is 0 Å². The minimum absolute atomic E-state index is 0.315. The summed E-state index contributed by atoms with van der Waals surface area (Å²) in [6, 6.07) is 2.33. The van der Waals surface area contributed by atoms with Gasteiger partial charge in [0.15, 0.2) is 0 Å². The fraction of sp³-hybridized carbons (Fsp3) is 0.733. The fourth-order valence-corrected chi connectivity index (χ4v) is 1.93. The molecule has 1 aromatic heterocycles. The van der Waals surface area contributed by atoms with Crippen LogP contribution in [0.4, 0.5) is 11.6 Å². The Kier molecular flexibility index (Phi) is 6.20. The molecule has 0 bridgehead atoms. The van der Waals surface area contributed by atoms with E-state index in [1.54, 1.807) is 0 Å². The lowest BCUT2D eigenvalue weighted by atomic mass is 10.0. The maximum atomic E-state index is 4.63. The van der Waals surface area contributed by atoms with E-state index in [9.17, 15) is 0 Å². The minimum Gasteiger partial charge on any atom is -0.373 e. The first kappa shape index (κ1) is 16.7. The number of rotatable bonds is 7. The standard InChI is InChI=1S/C15H29N5/c1-10(2)12(9-20(6)7)17-14-8-13(16-5)18-15(19-14)11(3)4/h8,10-12H,9H2,1-7H3,(H2,16,17,18,19). The zero-order valence-corrected chi connectivity index (χ0v) is 13.9. The summed E-state index contributed by atoms with van der Waals surface area (Å²) in [6.45, 7) is 9.65. The number of nitrogens with zero attached hydrogens (tertiary/aromatic N) is 3. The Bertz CT molecular complexity index is 415. The summed E-state index contributed by atoms with van der Waals surface area (Å²) in [7, 11) is 6.07. The summed E-state index contributed by atoms with van der Waals surface area (Å²) in [5.74, 6) is 3.47. The zero-order valence-electron chi connectivity index (χ0n) is 13.9. The van der Waals surface area contributed by atoms with Crippen molar-refractivity contribution in [2.24, 2.45) is 5.92 Å². The Hall–Kier alpha value is -1.36. The number of nitrogens with one attached hydrogen (secondary N) is 2. The Morgan fingerprint density at radius 2 is 1.70 bits per heavy atom. The number of likely N-dealkylation sites (N-methyl/N-ethyl adjacent to an activating group) is 1. The van der Waals surface area contributed by atoms with E-state index in [0.717, 1.165) is 24.0 Å². The van der Waals surface area contributed by atoms with Gasteiger partial charge in [0.25, 0.3) is 0 Å². The van der Waals surface area contributed by atoms with Crippen LogP contribution in [-0.4, -0.2) is 48.6 Å². The van der Waals surface area contributed by atoms with Gasteiger partial charge < -0.3 is 15.5 Å². The van der Waals surface area contributed by atoms with Crippen molar-refractivity contribution in [1.82, 2.24) is 14.9 Å². The number of anilines is 2. The van der Waals surface area contributed by atoms with Crippen molar-refractivity contribution in [3.8, 4) is 0 Å². The van der Waals surface area contributed by atoms with Gasteiger partial charge in [0, 0.05) is 31.6 Å². The molecule has 114 valence electrons. The molecule has 0 saturated heterocycles. The van der Waals surface area contributed by atoms with Gasteiger partial charge in [-0.2, -0.15) is 0 Å². The molecule has 0 aliphatic carbocycles. The van der Waals surface area contributed by atoms with Gasteiger partial charge in [0.05, 0.1) is 0 Å². The molecule has 0 radical (unpaired) electrons. The molecule has 0 saturated carbocycles. The highest BCUT2D eigenvalue weighted by atomic mass is 15.1. The molecule has 0 fully saturated rings.